The Morgan fingerprint density at radius 3 is 2.31 bits per heavy atom. The van der Waals surface area contributed by atoms with Gasteiger partial charge in [0.05, 0.1) is 23.9 Å². The molecule has 0 unspecified atom stereocenters. The third-order valence-corrected chi connectivity index (χ3v) is 12.5. The zero-order chi connectivity index (χ0) is 23.3. The average Bonchev–Trinajstić information content (AvgIpc) is 3.26. The van der Waals surface area contributed by atoms with Crippen LogP contribution in [0.1, 0.15) is 105 Å². The molecule has 0 bridgehead atoms. The van der Waals surface area contributed by atoms with Gasteiger partial charge in [-0.2, -0.15) is 0 Å². The van der Waals surface area contributed by atoms with Gasteiger partial charge in [0, 0.05) is 0 Å². The fraction of sp³-hybridized carbons (Fsp3) is 1.00. The summed E-state index contributed by atoms with van der Waals surface area (Å²) in [4.78, 5) is 0. The van der Waals surface area contributed by atoms with Crippen LogP contribution in [0, 0.1) is 45.3 Å². The zero-order valence-electron chi connectivity index (χ0n) is 21.1. The summed E-state index contributed by atoms with van der Waals surface area (Å²) >= 11 is 0. The van der Waals surface area contributed by atoms with Gasteiger partial charge in [-0.1, -0.05) is 20.8 Å². The fourth-order valence-electron chi connectivity index (χ4n) is 10.6. The van der Waals surface area contributed by atoms with E-state index >= 15 is 0 Å². The molecule has 0 amide bonds. The average molecular weight is 449 g/mol. The van der Waals surface area contributed by atoms with Crippen molar-refractivity contribution in [3.05, 3.63) is 0 Å². The van der Waals surface area contributed by atoms with Gasteiger partial charge in [0.15, 0.2) is 0 Å². The molecule has 5 fully saturated rings. The van der Waals surface area contributed by atoms with Gasteiger partial charge in [-0.25, -0.2) is 0 Å². The molecule has 4 nitrogen and oxygen atoms in total. The molecule has 0 aliphatic heterocycles. The zero-order valence-corrected chi connectivity index (χ0v) is 21.1. The monoisotopic (exact) mass is 448 g/mol. The molecule has 0 aromatic carbocycles. The van der Waals surface area contributed by atoms with Gasteiger partial charge in [0.1, 0.15) is 0 Å². The maximum Gasteiger partial charge on any atom is 0.0849 e. The van der Waals surface area contributed by atoms with Gasteiger partial charge < -0.3 is 20.4 Å². The summed E-state index contributed by atoms with van der Waals surface area (Å²) in [6.45, 7) is 10.8. The van der Waals surface area contributed by atoms with E-state index in [-0.39, 0.29) is 23.0 Å². The van der Waals surface area contributed by atoms with Gasteiger partial charge >= 0.3 is 0 Å². The highest BCUT2D eigenvalue weighted by Crippen LogP contribution is 2.87. The van der Waals surface area contributed by atoms with Crippen LogP contribution >= 0.6 is 0 Å². The summed E-state index contributed by atoms with van der Waals surface area (Å²) in [7, 11) is 0. The van der Waals surface area contributed by atoms with Crippen molar-refractivity contribution in [1.82, 2.24) is 0 Å². The molecular weight excluding hydrogens is 400 g/mol. The van der Waals surface area contributed by atoms with Gasteiger partial charge in [0.2, 0.25) is 0 Å². The van der Waals surface area contributed by atoms with Crippen molar-refractivity contribution >= 4 is 0 Å². The predicted molar refractivity (Wildman–Crippen MR) is 126 cm³/mol. The van der Waals surface area contributed by atoms with Gasteiger partial charge in [-0.15, -0.1) is 0 Å². The fourth-order valence-corrected chi connectivity index (χ4v) is 10.6. The van der Waals surface area contributed by atoms with Gasteiger partial charge in [0.25, 0.3) is 0 Å². The molecule has 0 aromatic heterocycles. The summed E-state index contributed by atoms with van der Waals surface area (Å²) in [6.07, 6.45) is 10.7. The van der Waals surface area contributed by atoms with E-state index in [2.05, 4.69) is 20.8 Å². The number of aliphatic hydroxyl groups excluding tert-OH is 3. The van der Waals surface area contributed by atoms with Gasteiger partial charge in [-0.3, -0.25) is 0 Å². The minimum absolute atomic E-state index is 0.160. The van der Waals surface area contributed by atoms with Crippen molar-refractivity contribution in [2.45, 2.75) is 129 Å². The molecular formula is C28H48O4. The SMILES string of the molecule is C[C@H](CC[C@@H](O)C(C)(C)O)[C@H]1CC[C@@]2(C)[C@@H]3[C@@H](O)C[C@H]4C[C@@H](O)CC[C@@]45C[C@@]35CC[C@]12C. The van der Waals surface area contributed by atoms with Crippen LogP contribution < -0.4 is 0 Å². The predicted octanol–water partition coefficient (Wildman–Crippen LogP) is 4.67. The van der Waals surface area contributed by atoms with Crippen LogP contribution in [-0.2, 0) is 0 Å². The van der Waals surface area contributed by atoms with Crippen LogP contribution in [0.2, 0.25) is 0 Å². The first-order valence-electron chi connectivity index (χ1n) is 13.6. The third kappa shape index (κ3) is 2.94. The summed E-state index contributed by atoms with van der Waals surface area (Å²) in [5.41, 5.74) is 0.0817. The standard InChI is InChI=1S/C28H48O4/c1-17(6-7-22(31)24(2,3)32)20-9-10-26(5)23-21(30)15-18-14-19(29)8-11-27(18)16-28(23,27)13-12-25(20,26)4/h17-23,29-32H,6-16H2,1-5H3/t17-,18-,19+,20-,21+,22-,23+,25-,26+,27-,28+/m1/s1. The van der Waals surface area contributed by atoms with E-state index in [1.54, 1.807) is 13.8 Å². The molecule has 0 heterocycles. The molecule has 5 aliphatic rings. The minimum Gasteiger partial charge on any atom is -0.393 e. The van der Waals surface area contributed by atoms with E-state index in [4.69, 9.17) is 0 Å². The lowest BCUT2D eigenvalue weighted by molar-refractivity contribution is -0.179. The molecule has 5 aliphatic carbocycles. The lowest BCUT2D eigenvalue weighted by Gasteiger charge is -2.62. The Bertz CT molecular complexity index is 746. The Balaban J connectivity index is 1.38. The second kappa shape index (κ2) is 7.18. The van der Waals surface area contributed by atoms with Crippen molar-refractivity contribution in [2.75, 3.05) is 0 Å². The number of rotatable bonds is 5. The molecule has 5 rings (SSSR count). The first-order valence-corrected chi connectivity index (χ1v) is 13.6. The van der Waals surface area contributed by atoms with Crippen molar-refractivity contribution in [1.29, 1.82) is 0 Å². The van der Waals surface area contributed by atoms with Crippen LogP contribution in [-0.4, -0.2) is 44.3 Å². The molecule has 184 valence electrons. The van der Waals surface area contributed by atoms with E-state index in [0.717, 1.165) is 25.7 Å². The molecule has 32 heavy (non-hydrogen) atoms. The summed E-state index contributed by atoms with van der Waals surface area (Å²) in [5, 5.41) is 42.4. The lowest BCUT2D eigenvalue weighted by Crippen LogP contribution is -2.59. The Hall–Kier alpha value is -0.160. The maximum absolute atomic E-state index is 11.6. The molecule has 4 N–H and O–H groups in total. The smallest absolute Gasteiger partial charge is 0.0849 e. The van der Waals surface area contributed by atoms with E-state index in [0.29, 0.717) is 40.9 Å². The number of hydrogen-bond donors (Lipinski definition) is 4. The lowest BCUT2D eigenvalue weighted by atomic mass is 9.42. The number of hydrogen-bond acceptors (Lipinski definition) is 4. The van der Waals surface area contributed by atoms with E-state index in [1.165, 1.54) is 38.5 Å². The Kier molecular flexibility index (Phi) is 5.29. The van der Waals surface area contributed by atoms with Crippen molar-refractivity contribution in [3.63, 3.8) is 0 Å². The highest BCUT2D eigenvalue weighted by Gasteiger charge is 2.82. The molecule has 2 spiro atoms. The molecule has 11 atom stereocenters. The Morgan fingerprint density at radius 1 is 0.906 bits per heavy atom. The van der Waals surface area contributed by atoms with E-state index in [1.807, 2.05) is 0 Å². The maximum atomic E-state index is 11.6. The quantitative estimate of drug-likeness (QED) is 0.493. The topological polar surface area (TPSA) is 80.9 Å². The van der Waals surface area contributed by atoms with Crippen LogP contribution in [0.25, 0.3) is 0 Å². The van der Waals surface area contributed by atoms with Crippen LogP contribution in [0.5, 0.6) is 0 Å². The second-order valence-electron chi connectivity index (χ2n) is 14.1. The first-order chi connectivity index (χ1) is 14.8. The van der Waals surface area contributed by atoms with E-state index < -0.39 is 11.7 Å². The molecule has 5 saturated carbocycles. The Labute approximate surface area is 195 Å². The van der Waals surface area contributed by atoms with Gasteiger partial charge in [-0.05, 0) is 130 Å². The van der Waals surface area contributed by atoms with Crippen molar-refractivity contribution in [3.8, 4) is 0 Å². The van der Waals surface area contributed by atoms with Crippen LogP contribution in [0.4, 0.5) is 0 Å². The molecule has 0 radical (unpaired) electrons. The normalized spacial score (nSPS) is 54.1. The van der Waals surface area contributed by atoms with Crippen LogP contribution in [0.3, 0.4) is 0 Å². The number of fused-ring (bicyclic) bond motifs is 2. The largest absolute Gasteiger partial charge is 0.393 e. The van der Waals surface area contributed by atoms with Crippen LogP contribution in [0.15, 0.2) is 0 Å². The minimum atomic E-state index is -1.04. The summed E-state index contributed by atoms with van der Waals surface area (Å²) in [6, 6.07) is 0. The third-order valence-electron chi connectivity index (χ3n) is 12.5. The molecule has 0 saturated heterocycles. The van der Waals surface area contributed by atoms with E-state index in [9.17, 15) is 20.4 Å². The highest BCUT2D eigenvalue weighted by molar-refractivity contribution is 5.30. The summed E-state index contributed by atoms with van der Waals surface area (Å²) < 4.78 is 0. The summed E-state index contributed by atoms with van der Waals surface area (Å²) in [5.74, 6) is 2.05. The van der Waals surface area contributed by atoms with Crippen molar-refractivity contribution in [2.24, 2.45) is 45.3 Å². The van der Waals surface area contributed by atoms with Crippen molar-refractivity contribution < 1.29 is 20.4 Å². The highest BCUT2D eigenvalue weighted by atomic mass is 16.3. The Morgan fingerprint density at radius 2 is 1.62 bits per heavy atom. The molecule has 4 heteroatoms. The second-order valence-corrected chi connectivity index (χ2v) is 14.1. The molecule has 0 aromatic rings. The number of aliphatic hydroxyl groups is 4. The first kappa shape index (κ1) is 23.6.